The summed E-state index contributed by atoms with van der Waals surface area (Å²) in [6.07, 6.45) is -1.94. The van der Waals surface area contributed by atoms with Crippen molar-refractivity contribution in [3.8, 4) is 0 Å². The highest BCUT2D eigenvalue weighted by Crippen LogP contribution is 2.34. The quantitative estimate of drug-likeness (QED) is 0.529. The molecular weight excluding hydrogens is 312 g/mol. The summed E-state index contributed by atoms with van der Waals surface area (Å²) >= 11 is 6.19. The van der Waals surface area contributed by atoms with Crippen LogP contribution in [0.25, 0.3) is 11.0 Å². The highest BCUT2D eigenvalue weighted by molar-refractivity contribution is 6.35. The molecule has 1 aliphatic rings. The number of aryl methyl sites for hydroxylation is 1. The van der Waals surface area contributed by atoms with Crippen LogP contribution >= 0.6 is 11.6 Å². The average molecular weight is 327 g/mol. The molecule has 0 saturated carbocycles. The van der Waals surface area contributed by atoms with E-state index in [1.165, 1.54) is 4.57 Å². The van der Waals surface area contributed by atoms with Crippen molar-refractivity contribution >= 4 is 28.8 Å². The maximum absolute atomic E-state index is 10.1. The molecule has 9 heteroatoms. The molecule has 0 aliphatic carbocycles. The molecule has 1 aliphatic heterocycles. The van der Waals surface area contributed by atoms with Crippen LogP contribution in [-0.4, -0.2) is 61.6 Å². The van der Waals surface area contributed by atoms with Crippen LogP contribution in [0.4, 0.5) is 0 Å². The van der Waals surface area contributed by atoms with E-state index in [0.717, 1.165) is 0 Å². The lowest BCUT2D eigenvalue weighted by atomic mass is 10.2. The molecule has 22 heavy (non-hydrogen) atoms. The summed E-state index contributed by atoms with van der Waals surface area (Å²) in [5.41, 5.74) is 1.08. The summed E-state index contributed by atoms with van der Waals surface area (Å²) in [4.78, 5) is 12.4. The molecule has 0 unspecified atom stereocenters. The van der Waals surface area contributed by atoms with Crippen LogP contribution in [0.15, 0.2) is 11.2 Å². The van der Waals surface area contributed by atoms with Gasteiger partial charge in [-0.05, 0) is 6.92 Å². The molecule has 118 valence electrons. The van der Waals surface area contributed by atoms with Crippen LogP contribution in [0, 0.1) is 6.92 Å². The Morgan fingerprint density at radius 2 is 2.05 bits per heavy atom. The Hall–Kier alpha value is -1.58. The molecule has 0 aromatic carbocycles. The van der Waals surface area contributed by atoms with E-state index in [-0.39, 0.29) is 5.15 Å². The van der Waals surface area contributed by atoms with E-state index in [9.17, 15) is 15.3 Å². The second-order valence-corrected chi connectivity index (χ2v) is 5.40. The molecule has 0 amide bonds. The molecule has 2 aromatic rings. The van der Waals surface area contributed by atoms with Gasteiger partial charge in [0.25, 0.3) is 0 Å². The molecular formula is C13H15ClN4O4. The molecule has 8 nitrogen and oxygen atoms in total. The number of aliphatic hydroxyl groups excluding tert-OH is 3. The Kier molecular flexibility index (Phi) is 3.87. The summed E-state index contributed by atoms with van der Waals surface area (Å²) in [5, 5.41) is 30.1. The molecule has 3 rings (SSSR count). The van der Waals surface area contributed by atoms with Gasteiger partial charge >= 0.3 is 0 Å². The van der Waals surface area contributed by atoms with Crippen LogP contribution in [0.2, 0.25) is 5.15 Å². The van der Waals surface area contributed by atoms with Crippen LogP contribution in [0.3, 0.4) is 0 Å². The molecule has 4 atom stereocenters. The van der Waals surface area contributed by atoms with E-state index in [2.05, 4.69) is 15.0 Å². The number of hydrogen-bond acceptors (Lipinski definition) is 7. The molecule has 2 aromatic heterocycles. The minimum atomic E-state index is -1.47. The predicted molar refractivity (Wildman–Crippen MR) is 78.9 cm³/mol. The fourth-order valence-corrected chi connectivity index (χ4v) is 2.85. The van der Waals surface area contributed by atoms with Crippen molar-refractivity contribution in [2.45, 2.75) is 31.6 Å². The van der Waals surface area contributed by atoms with E-state index < -0.39 is 24.7 Å². The van der Waals surface area contributed by atoms with Gasteiger partial charge in [0.05, 0.1) is 5.39 Å². The zero-order valence-corrected chi connectivity index (χ0v) is 12.6. The largest absolute Gasteiger partial charge is 0.385 e. The predicted octanol–water partition coefficient (Wildman–Crippen LogP) is 0.0108. The summed E-state index contributed by atoms with van der Waals surface area (Å²) in [7, 11) is 1.61. The summed E-state index contributed by atoms with van der Waals surface area (Å²) < 4.78 is 6.73. The Morgan fingerprint density at radius 1 is 1.32 bits per heavy atom. The zero-order valence-electron chi connectivity index (χ0n) is 11.9. The van der Waals surface area contributed by atoms with Crippen molar-refractivity contribution in [3.05, 3.63) is 22.7 Å². The fraction of sp³-hybridized carbons (Fsp3) is 0.462. The summed E-state index contributed by atoms with van der Waals surface area (Å²) in [6, 6.07) is 0. The molecule has 1 fully saturated rings. The molecule has 3 heterocycles. The van der Waals surface area contributed by atoms with Gasteiger partial charge < -0.3 is 24.6 Å². The van der Waals surface area contributed by atoms with Gasteiger partial charge in [-0.2, -0.15) is 0 Å². The lowest BCUT2D eigenvalue weighted by Gasteiger charge is -2.16. The van der Waals surface area contributed by atoms with Gasteiger partial charge in [-0.25, -0.2) is 9.97 Å². The third-order valence-corrected chi connectivity index (χ3v) is 3.80. The Morgan fingerprint density at radius 3 is 2.64 bits per heavy atom. The number of ether oxygens (including phenoxy) is 1. The van der Waals surface area contributed by atoms with Gasteiger partial charge in [-0.3, -0.25) is 4.99 Å². The number of fused-ring (bicyclic) bond motifs is 1. The Labute approximate surface area is 130 Å². The van der Waals surface area contributed by atoms with E-state index in [1.807, 2.05) is 0 Å². The highest BCUT2D eigenvalue weighted by atomic mass is 35.5. The minimum absolute atomic E-state index is 0.254. The van der Waals surface area contributed by atoms with Gasteiger partial charge in [0.15, 0.2) is 12.5 Å². The number of halogens is 1. The second kappa shape index (κ2) is 5.56. The van der Waals surface area contributed by atoms with Crippen molar-refractivity contribution < 1.29 is 20.1 Å². The van der Waals surface area contributed by atoms with Gasteiger partial charge in [-0.1, -0.05) is 11.6 Å². The third-order valence-electron chi connectivity index (χ3n) is 3.52. The van der Waals surface area contributed by atoms with E-state index >= 15 is 0 Å². The highest BCUT2D eigenvalue weighted by Gasteiger charge is 2.43. The maximum Gasteiger partial charge on any atom is 0.186 e. The number of nitrogens with zero attached hydrogens (tertiary/aromatic N) is 4. The number of hydrogen-bond donors (Lipinski definition) is 3. The van der Waals surface area contributed by atoms with Gasteiger partial charge in [0, 0.05) is 25.0 Å². The smallest absolute Gasteiger partial charge is 0.186 e. The molecule has 3 N–H and O–H groups in total. The first-order chi connectivity index (χ1) is 10.4. The van der Waals surface area contributed by atoms with Crippen molar-refractivity contribution in [2.24, 2.45) is 4.99 Å². The van der Waals surface area contributed by atoms with E-state index in [0.29, 0.717) is 22.4 Å². The monoisotopic (exact) mass is 326 g/mol. The van der Waals surface area contributed by atoms with Crippen molar-refractivity contribution in [1.82, 2.24) is 14.5 Å². The van der Waals surface area contributed by atoms with Crippen LogP contribution in [0.1, 0.15) is 17.6 Å². The van der Waals surface area contributed by atoms with Gasteiger partial charge in [-0.15, -0.1) is 0 Å². The lowest BCUT2D eigenvalue weighted by Crippen LogP contribution is -2.31. The van der Waals surface area contributed by atoms with Crippen molar-refractivity contribution in [1.29, 1.82) is 0 Å². The Bertz CT molecular complexity index is 747. The SMILES string of the molecule is C/N=C/c1cn([C@@H]2O[C@H](O)[C@@H](O)[C@H]2O)c2nc(C)nc(Cl)c12. The zero-order chi connectivity index (χ0) is 16.0. The molecule has 0 bridgehead atoms. The second-order valence-electron chi connectivity index (χ2n) is 5.04. The normalized spacial score (nSPS) is 29.0. The van der Waals surface area contributed by atoms with Crippen LogP contribution in [0.5, 0.6) is 0 Å². The van der Waals surface area contributed by atoms with Gasteiger partial charge in [0.1, 0.15) is 28.8 Å². The number of aromatic nitrogens is 3. The first kappa shape index (κ1) is 15.3. The topological polar surface area (TPSA) is 113 Å². The van der Waals surface area contributed by atoms with Crippen LogP contribution in [-0.2, 0) is 4.74 Å². The first-order valence-corrected chi connectivity index (χ1v) is 6.98. The molecule has 0 spiro atoms. The van der Waals surface area contributed by atoms with E-state index in [4.69, 9.17) is 16.3 Å². The minimum Gasteiger partial charge on any atom is -0.385 e. The lowest BCUT2D eigenvalue weighted by molar-refractivity contribution is -0.140. The maximum atomic E-state index is 10.1. The average Bonchev–Trinajstić information content (AvgIpc) is 2.92. The van der Waals surface area contributed by atoms with Gasteiger partial charge in [0.2, 0.25) is 0 Å². The molecule has 1 saturated heterocycles. The molecule has 0 radical (unpaired) electrons. The number of aliphatic imine (C=N–C) groups is 1. The fourth-order valence-electron chi connectivity index (χ4n) is 2.54. The third kappa shape index (κ3) is 2.29. The van der Waals surface area contributed by atoms with Crippen molar-refractivity contribution in [2.75, 3.05) is 7.05 Å². The van der Waals surface area contributed by atoms with Crippen LogP contribution < -0.4 is 0 Å². The Balaban J connectivity index is 2.22. The standard InChI is InChI=1S/C13H15ClN4O4/c1-5-16-10(14)7-6(3-15-2)4-18(11(7)17-5)12-8(19)9(20)13(21)22-12/h3-4,8-9,12-13,19-21H,1-2H3/b15-3+/t8-,9+,12-,13+/m1/s1. The van der Waals surface area contributed by atoms with E-state index in [1.54, 1.807) is 26.4 Å². The summed E-state index contributed by atoms with van der Waals surface area (Å²) in [6.45, 7) is 1.69. The summed E-state index contributed by atoms with van der Waals surface area (Å²) in [5.74, 6) is 0.449. The number of aliphatic hydroxyl groups is 3. The first-order valence-electron chi connectivity index (χ1n) is 6.60. The number of rotatable bonds is 2. The van der Waals surface area contributed by atoms with Crippen molar-refractivity contribution in [3.63, 3.8) is 0 Å².